The first kappa shape index (κ1) is 13.0. The molecule has 0 amide bonds. The Bertz CT molecular complexity index is 627. The second-order valence-electron chi connectivity index (χ2n) is 5.43. The largest absolute Gasteiger partial charge is 0.492 e. The minimum atomic E-state index is -0.933. The molecule has 1 aliphatic rings. The number of carbonyl (C=O) groups is 1. The van der Waals surface area contributed by atoms with Gasteiger partial charge in [0.1, 0.15) is 11.3 Å². The molecule has 3 rings (SSSR count). The first-order valence-electron chi connectivity index (χ1n) is 7.13. The van der Waals surface area contributed by atoms with E-state index in [0.29, 0.717) is 18.3 Å². The molecule has 2 aromatic carbocycles. The summed E-state index contributed by atoms with van der Waals surface area (Å²) < 4.78 is 5.91. The zero-order valence-electron chi connectivity index (χ0n) is 11.3. The normalized spacial score (nSPS) is 15.6. The van der Waals surface area contributed by atoms with Crippen LogP contribution in [0.2, 0.25) is 0 Å². The highest BCUT2D eigenvalue weighted by molar-refractivity contribution is 6.00. The average Bonchev–Trinajstić information content (AvgIpc) is 2.97. The van der Waals surface area contributed by atoms with Crippen molar-refractivity contribution in [2.45, 2.75) is 25.7 Å². The van der Waals surface area contributed by atoms with Crippen molar-refractivity contribution in [2.75, 3.05) is 6.61 Å². The Morgan fingerprint density at radius 1 is 1.15 bits per heavy atom. The molecule has 3 heteroatoms. The highest BCUT2D eigenvalue weighted by Gasteiger charge is 2.19. The molecule has 2 aromatic rings. The van der Waals surface area contributed by atoms with E-state index >= 15 is 0 Å². The standard InChI is InChI=1S/C17H18O3/c18-17(19)15-10-9-13-7-3-4-8-14(13)16(15)20-11-12-5-1-2-6-12/h3-4,7-10,12H,1-2,5-6,11H2,(H,18,19). The van der Waals surface area contributed by atoms with Crippen molar-refractivity contribution < 1.29 is 14.6 Å². The van der Waals surface area contributed by atoms with Gasteiger partial charge in [-0.3, -0.25) is 0 Å². The van der Waals surface area contributed by atoms with Gasteiger partial charge in [0.05, 0.1) is 6.61 Å². The fraction of sp³-hybridized carbons (Fsp3) is 0.353. The Balaban J connectivity index is 1.96. The van der Waals surface area contributed by atoms with Gasteiger partial charge >= 0.3 is 5.97 Å². The molecule has 1 saturated carbocycles. The molecule has 0 aromatic heterocycles. The van der Waals surface area contributed by atoms with E-state index in [1.54, 1.807) is 6.07 Å². The van der Waals surface area contributed by atoms with E-state index in [1.807, 2.05) is 30.3 Å². The van der Waals surface area contributed by atoms with Crippen LogP contribution in [-0.2, 0) is 0 Å². The summed E-state index contributed by atoms with van der Waals surface area (Å²) in [5.41, 5.74) is 0.252. The van der Waals surface area contributed by atoms with Gasteiger partial charge in [0.25, 0.3) is 0 Å². The molecule has 0 atom stereocenters. The Morgan fingerprint density at radius 2 is 1.90 bits per heavy atom. The van der Waals surface area contributed by atoms with Gasteiger partial charge in [-0.15, -0.1) is 0 Å². The molecule has 3 nitrogen and oxygen atoms in total. The predicted octanol–water partition coefficient (Wildman–Crippen LogP) is 4.11. The maximum Gasteiger partial charge on any atom is 0.339 e. The Labute approximate surface area is 118 Å². The second-order valence-corrected chi connectivity index (χ2v) is 5.43. The number of rotatable bonds is 4. The summed E-state index contributed by atoms with van der Waals surface area (Å²) in [5, 5.41) is 11.2. The summed E-state index contributed by atoms with van der Waals surface area (Å²) in [4.78, 5) is 11.4. The number of hydrogen-bond acceptors (Lipinski definition) is 2. The van der Waals surface area contributed by atoms with E-state index < -0.39 is 5.97 Å². The minimum absolute atomic E-state index is 0.252. The lowest BCUT2D eigenvalue weighted by atomic mass is 10.0. The number of aromatic carboxylic acids is 1. The van der Waals surface area contributed by atoms with Gasteiger partial charge in [-0.1, -0.05) is 43.2 Å². The second kappa shape index (κ2) is 5.53. The summed E-state index contributed by atoms with van der Waals surface area (Å²) >= 11 is 0. The maximum atomic E-state index is 11.4. The number of ether oxygens (including phenoxy) is 1. The van der Waals surface area contributed by atoms with E-state index in [-0.39, 0.29) is 5.56 Å². The number of hydrogen-bond donors (Lipinski definition) is 1. The van der Waals surface area contributed by atoms with Crippen molar-refractivity contribution in [2.24, 2.45) is 5.92 Å². The van der Waals surface area contributed by atoms with Crippen molar-refractivity contribution in [1.29, 1.82) is 0 Å². The van der Waals surface area contributed by atoms with E-state index in [1.165, 1.54) is 25.7 Å². The van der Waals surface area contributed by atoms with Crippen LogP contribution in [0.5, 0.6) is 5.75 Å². The van der Waals surface area contributed by atoms with Crippen molar-refractivity contribution in [1.82, 2.24) is 0 Å². The topological polar surface area (TPSA) is 46.5 Å². The lowest BCUT2D eigenvalue weighted by Gasteiger charge is -2.15. The Kier molecular flexibility index (Phi) is 3.59. The molecule has 20 heavy (non-hydrogen) atoms. The van der Waals surface area contributed by atoms with Gasteiger partial charge in [0, 0.05) is 5.39 Å². The van der Waals surface area contributed by atoms with Crippen LogP contribution in [0.15, 0.2) is 36.4 Å². The van der Waals surface area contributed by atoms with E-state index in [9.17, 15) is 9.90 Å². The van der Waals surface area contributed by atoms with Crippen LogP contribution in [0.3, 0.4) is 0 Å². The van der Waals surface area contributed by atoms with Gasteiger partial charge in [0.15, 0.2) is 0 Å². The van der Waals surface area contributed by atoms with E-state index in [0.717, 1.165) is 10.8 Å². The van der Waals surface area contributed by atoms with Gasteiger partial charge in [0.2, 0.25) is 0 Å². The molecule has 0 radical (unpaired) electrons. The average molecular weight is 270 g/mol. The lowest BCUT2D eigenvalue weighted by Crippen LogP contribution is -2.11. The molecule has 1 fully saturated rings. The summed E-state index contributed by atoms with van der Waals surface area (Å²) in [6, 6.07) is 11.2. The third-order valence-electron chi connectivity index (χ3n) is 4.05. The van der Waals surface area contributed by atoms with Gasteiger partial charge in [-0.25, -0.2) is 4.79 Å². The molecular formula is C17H18O3. The number of fused-ring (bicyclic) bond motifs is 1. The summed E-state index contributed by atoms with van der Waals surface area (Å²) in [5.74, 6) is 0.148. The van der Waals surface area contributed by atoms with E-state index in [4.69, 9.17) is 4.74 Å². The molecule has 0 unspecified atom stereocenters. The number of carboxylic acid groups (broad SMARTS) is 1. The fourth-order valence-corrected chi connectivity index (χ4v) is 2.95. The maximum absolute atomic E-state index is 11.4. The van der Waals surface area contributed by atoms with Gasteiger partial charge in [-0.05, 0) is 30.2 Å². The van der Waals surface area contributed by atoms with E-state index in [2.05, 4.69) is 0 Å². The van der Waals surface area contributed by atoms with Crippen LogP contribution >= 0.6 is 0 Å². The predicted molar refractivity (Wildman–Crippen MR) is 78.4 cm³/mol. The Morgan fingerprint density at radius 3 is 2.65 bits per heavy atom. The first-order valence-corrected chi connectivity index (χ1v) is 7.13. The fourth-order valence-electron chi connectivity index (χ4n) is 2.95. The first-order chi connectivity index (χ1) is 9.75. The minimum Gasteiger partial charge on any atom is -0.492 e. The summed E-state index contributed by atoms with van der Waals surface area (Å²) in [6.45, 7) is 0.619. The number of carboxylic acids is 1. The summed E-state index contributed by atoms with van der Waals surface area (Å²) in [6.07, 6.45) is 4.89. The van der Waals surface area contributed by atoms with Crippen LogP contribution in [-0.4, -0.2) is 17.7 Å². The lowest BCUT2D eigenvalue weighted by molar-refractivity contribution is 0.0691. The molecule has 1 aliphatic carbocycles. The van der Waals surface area contributed by atoms with Crippen molar-refractivity contribution in [3.05, 3.63) is 42.0 Å². The molecule has 104 valence electrons. The van der Waals surface area contributed by atoms with Gasteiger partial charge < -0.3 is 9.84 Å². The third-order valence-corrected chi connectivity index (χ3v) is 4.05. The van der Waals surface area contributed by atoms with Crippen LogP contribution in [0.25, 0.3) is 10.8 Å². The monoisotopic (exact) mass is 270 g/mol. The van der Waals surface area contributed by atoms with Crippen LogP contribution < -0.4 is 4.74 Å². The third kappa shape index (κ3) is 2.48. The molecular weight excluding hydrogens is 252 g/mol. The highest BCUT2D eigenvalue weighted by Crippen LogP contribution is 2.32. The molecule has 0 aliphatic heterocycles. The van der Waals surface area contributed by atoms with Gasteiger partial charge in [-0.2, -0.15) is 0 Å². The smallest absolute Gasteiger partial charge is 0.339 e. The molecule has 0 saturated heterocycles. The Hall–Kier alpha value is -2.03. The zero-order chi connectivity index (χ0) is 13.9. The quantitative estimate of drug-likeness (QED) is 0.909. The zero-order valence-corrected chi connectivity index (χ0v) is 11.3. The molecule has 0 heterocycles. The number of benzene rings is 2. The highest BCUT2D eigenvalue weighted by atomic mass is 16.5. The van der Waals surface area contributed by atoms with Crippen molar-refractivity contribution >= 4 is 16.7 Å². The van der Waals surface area contributed by atoms with Crippen LogP contribution in [0.1, 0.15) is 36.0 Å². The molecule has 0 spiro atoms. The van der Waals surface area contributed by atoms with Crippen molar-refractivity contribution in [3.8, 4) is 5.75 Å². The van der Waals surface area contributed by atoms with Crippen molar-refractivity contribution in [3.63, 3.8) is 0 Å². The van der Waals surface area contributed by atoms with Crippen LogP contribution in [0, 0.1) is 5.92 Å². The molecule has 1 N–H and O–H groups in total. The SMILES string of the molecule is O=C(O)c1ccc2ccccc2c1OCC1CCCC1. The summed E-state index contributed by atoms with van der Waals surface area (Å²) in [7, 11) is 0. The molecule has 0 bridgehead atoms. The van der Waals surface area contributed by atoms with Crippen LogP contribution in [0.4, 0.5) is 0 Å².